The zero-order valence-electron chi connectivity index (χ0n) is 8.32. The fourth-order valence-corrected chi connectivity index (χ4v) is 1.62. The number of halogens is 1. The van der Waals surface area contributed by atoms with Crippen molar-refractivity contribution in [3.63, 3.8) is 0 Å². The smallest absolute Gasteiger partial charge is 0.343 e. The van der Waals surface area contributed by atoms with Crippen LogP contribution < -0.4 is 0 Å². The maximum absolute atomic E-state index is 11.7. The molecule has 1 atom stereocenters. The Morgan fingerprint density at radius 2 is 2.38 bits per heavy atom. The molecule has 0 aliphatic heterocycles. The number of esters is 1. The van der Waals surface area contributed by atoms with Crippen LogP contribution in [-0.2, 0) is 4.74 Å². The van der Waals surface area contributed by atoms with E-state index in [4.69, 9.17) is 33.0 Å². The van der Waals surface area contributed by atoms with Gasteiger partial charge in [0, 0.05) is 0 Å². The lowest BCUT2D eigenvalue weighted by Crippen LogP contribution is -2.09. The molecule has 0 aliphatic carbocycles. The van der Waals surface area contributed by atoms with Gasteiger partial charge in [0.2, 0.25) is 0 Å². The molecule has 2 aromatic rings. The molecule has 0 saturated carbocycles. The van der Waals surface area contributed by atoms with E-state index in [1.807, 2.05) is 0 Å². The van der Waals surface area contributed by atoms with Crippen LogP contribution in [0.3, 0.4) is 0 Å². The highest BCUT2D eigenvalue weighted by atomic mass is 35.5. The molecule has 1 aromatic heterocycles. The van der Waals surface area contributed by atoms with E-state index in [2.05, 4.69) is 4.98 Å². The van der Waals surface area contributed by atoms with E-state index >= 15 is 0 Å². The molecule has 2 rings (SSSR count). The molecule has 0 bridgehead atoms. The van der Waals surface area contributed by atoms with E-state index in [9.17, 15) is 4.79 Å². The first-order valence-electron chi connectivity index (χ1n) is 4.55. The minimum atomic E-state index is -0.690. The van der Waals surface area contributed by atoms with Crippen LogP contribution in [0.4, 0.5) is 0 Å². The summed E-state index contributed by atoms with van der Waals surface area (Å²) in [6, 6.07) is 5.06. The number of benzene rings is 1. The van der Waals surface area contributed by atoms with E-state index in [0.29, 0.717) is 16.7 Å². The highest BCUT2D eigenvalue weighted by Crippen LogP contribution is 2.19. The van der Waals surface area contributed by atoms with Crippen molar-refractivity contribution in [3.05, 3.63) is 28.6 Å². The number of fused-ring (bicyclic) bond motifs is 1. The summed E-state index contributed by atoms with van der Waals surface area (Å²) in [5.74, 6) is -0.536. The van der Waals surface area contributed by atoms with E-state index < -0.39 is 11.5 Å². The number of para-hydroxylation sites is 1. The Balaban J connectivity index is 2.51. The first-order valence-corrected chi connectivity index (χ1v) is 5.39. The van der Waals surface area contributed by atoms with Crippen LogP contribution in [0.25, 0.3) is 11.1 Å². The maximum atomic E-state index is 11.7. The third-order valence-electron chi connectivity index (χ3n) is 1.94. The van der Waals surface area contributed by atoms with E-state index in [0.717, 1.165) is 0 Å². The number of oxazole rings is 1. The number of carbonyl (C=O) groups is 1. The Labute approximate surface area is 101 Å². The van der Waals surface area contributed by atoms with Gasteiger partial charge in [0.05, 0.1) is 5.52 Å². The largest absolute Gasteiger partial charge is 0.443 e. The van der Waals surface area contributed by atoms with Gasteiger partial charge in [0.15, 0.2) is 11.1 Å². The fraction of sp³-hybridized carbons (Fsp3) is 0.200. The molecule has 1 unspecified atom stereocenters. The average Bonchev–Trinajstić information content (AvgIpc) is 2.55. The zero-order chi connectivity index (χ0) is 11.7. The van der Waals surface area contributed by atoms with E-state index in [1.165, 1.54) is 0 Å². The van der Waals surface area contributed by atoms with Crippen LogP contribution in [-0.4, -0.2) is 16.5 Å². The molecule has 0 amide bonds. The van der Waals surface area contributed by atoms with Crippen molar-refractivity contribution in [2.24, 2.45) is 0 Å². The van der Waals surface area contributed by atoms with Gasteiger partial charge < -0.3 is 14.1 Å². The van der Waals surface area contributed by atoms with E-state index in [1.54, 1.807) is 25.1 Å². The quantitative estimate of drug-likeness (QED) is 0.510. The van der Waals surface area contributed by atoms with Gasteiger partial charge in [0.1, 0.15) is 5.56 Å². The fourth-order valence-electron chi connectivity index (χ4n) is 1.35. The standard InChI is InChI=1S/C10H8ClNO3S/c1-5(11)14-9(13)6-3-2-4-7-8(6)15-10(16)12-7/h2-5H,1H3,(H,12,16). The van der Waals surface area contributed by atoms with Gasteiger partial charge in [-0.15, -0.1) is 0 Å². The van der Waals surface area contributed by atoms with Crippen molar-refractivity contribution in [1.29, 1.82) is 0 Å². The van der Waals surface area contributed by atoms with Crippen molar-refractivity contribution in [3.8, 4) is 0 Å². The second-order valence-corrected chi connectivity index (χ2v) is 4.13. The summed E-state index contributed by atoms with van der Waals surface area (Å²) in [5, 5.41) is 0. The predicted octanol–water partition coefficient (Wildman–Crippen LogP) is 3.23. The summed E-state index contributed by atoms with van der Waals surface area (Å²) in [6.45, 7) is 1.56. The van der Waals surface area contributed by atoms with Crippen molar-refractivity contribution in [2.75, 3.05) is 0 Å². The average molecular weight is 258 g/mol. The van der Waals surface area contributed by atoms with Crippen molar-refractivity contribution >= 4 is 40.9 Å². The Morgan fingerprint density at radius 1 is 1.62 bits per heavy atom. The summed E-state index contributed by atoms with van der Waals surface area (Å²) >= 11 is 10.4. The summed E-state index contributed by atoms with van der Waals surface area (Å²) in [6.07, 6.45) is 0. The molecular formula is C10H8ClNO3S. The Morgan fingerprint density at radius 3 is 3.06 bits per heavy atom. The van der Waals surface area contributed by atoms with E-state index in [-0.39, 0.29) is 4.84 Å². The first kappa shape index (κ1) is 11.2. The van der Waals surface area contributed by atoms with Gasteiger partial charge in [-0.3, -0.25) is 0 Å². The lowest BCUT2D eigenvalue weighted by Gasteiger charge is -2.05. The van der Waals surface area contributed by atoms with Gasteiger partial charge in [-0.25, -0.2) is 4.79 Å². The molecule has 16 heavy (non-hydrogen) atoms. The minimum absolute atomic E-state index is 0.217. The molecule has 1 heterocycles. The third kappa shape index (κ3) is 2.10. The molecule has 6 heteroatoms. The molecule has 0 aliphatic rings. The van der Waals surface area contributed by atoms with Gasteiger partial charge in [-0.05, 0) is 31.3 Å². The topological polar surface area (TPSA) is 55.2 Å². The normalized spacial score (nSPS) is 12.6. The van der Waals surface area contributed by atoms with Gasteiger partial charge in [-0.1, -0.05) is 17.7 Å². The van der Waals surface area contributed by atoms with Crippen molar-refractivity contribution in [2.45, 2.75) is 12.5 Å². The highest BCUT2D eigenvalue weighted by molar-refractivity contribution is 7.71. The van der Waals surface area contributed by atoms with Gasteiger partial charge >= 0.3 is 5.97 Å². The van der Waals surface area contributed by atoms with Crippen LogP contribution in [0, 0.1) is 4.84 Å². The highest BCUT2D eigenvalue weighted by Gasteiger charge is 2.16. The second-order valence-electron chi connectivity index (χ2n) is 3.15. The van der Waals surface area contributed by atoms with Crippen LogP contribution in [0.15, 0.2) is 22.6 Å². The number of alkyl halides is 1. The maximum Gasteiger partial charge on any atom is 0.343 e. The number of hydrogen-bond acceptors (Lipinski definition) is 4. The number of aromatic amines is 1. The molecule has 84 valence electrons. The third-order valence-corrected chi connectivity index (χ3v) is 2.21. The predicted molar refractivity (Wildman–Crippen MR) is 62.1 cm³/mol. The Bertz CT molecular complexity index is 587. The molecule has 0 fully saturated rings. The zero-order valence-corrected chi connectivity index (χ0v) is 9.89. The molecule has 4 nitrogen and oxygen atoms in total. The van der Waals surface area contributed by atoms with Gasteiger partial charge in [0.25, 0.3) is 4.84 Å². The monoisotopic (exact) mass is 257 g/mol. The number of rotatable bonds is 2. The van der Waals surface area contributed by atoms with Crippen LogP contribution in [0.2, 0.25) is 0 Å². The van der Waals surface area contributed by atoms with Crippen molar-refractivity contribution in [1.82, 2.24) is 4.98 Å². The SMILES string of the molecule is CC(Cl)OC(=O)c1cccc2[nH]c(=S)oc12. The number of nitrogens with one attached hydrogen (secondary N) is 1. The number of carbonyl (C=O) groups excluding carboxylic acids is 1. The second kappa shape index (κ2) is 4.27. The number of H-pyrrole nitrogens is 1. The summed E-state index contributed by atoms with van der Waals surface area (Å²) in [5.41, 5.74) is 0.651. The van der Waals surface area contributed by atoms with Gasteiger partial charge in [-0.2, -0.15) is 0 Å². The summed E-state index contributed by atoms with van der Waals surface area (Å²) in [7, 11) is 0. The molecular weight excluding hydrogens is 250 g/mol. The van der Waals surface area contributed by atoms with Crippen LogP contribution in [0.1, 0.15) is 17.3 Å². The van der Waals surface area contributed by atoms with Crippen LogP contribution >= 0.6 is 23.8 Å². The number of ether oxygens (including phenoxy) is 1. The minimum Gasteiger partial charge on any atom is -0.443 e. The number of aromatic nitrogens is 1. The molecule has 0 spiro atoms. The Kier molecular flexibility index (Phi) is 2.98. The lowest BCUT2D eigenvalue weighted by molar-refractivity contribution is 0.0473. The lowest BCUT2D eigenvalue weighted by atomic mass is 10.2. The van der Waals surface area contributed by atoms with Crippen molar-refractivity contribution < 1.29 is 13.9 Å². The van der Waals surface area contributed by atoms with Crippen LogP contribution in [0.5, 0.6) is 0 Å². The molecule has 0 saturated heterocycles. The molecule has 1 N–H and O–H groups in total. The summed E-state index contributed by atoms with van der Waals surface area (Å²) in [4.78, 5) is 14.7. The Hall–Kier alpha value is -1.33. The first-order chi connectivity index (χ1) is 7.58. The summed E-state index contributed by atoms with van der Waals surface area (Å²) < 4.78 is 10.1. The molecule has 1 aromatic carbocycles. The number of hydrogen-bond donors (Lipinski definition) is 1. The molecule has 0 radical (unpaired) electrons.